The lowest BCUT2D eigenvalue weighted by molar-refractivity contribution is -0.116. The van der Waals surface area contributed by atoms with Gasteiger partial charge in [0, 0.05) is 17.9 Å². The maximum atomic E-state index is 12.2. The zero-order valence-corrected chi connectivity index (χ0v) is 17.1. The van der Waals surface area contributed by atoms with Crippen LogP contribution in [0.4, 0.5) is 0 Å². The SMILES string of the molecule is Cc1ccc([S@@](=O)CC(=O)CCCO[Si](C)(C)C(C)(C)C)cc1. The Labute approximate surface area is 144 Å². The Morgan fingerprint density at radius 1 is 1.17 bits per heavy atom. The Morgan fingerprint density at radius 2 is 1.74 bits per heavy atom. The second kappa shape index (κ2) is 8.35. The van der Waals surface area contributed by atoms with E-state index in [1.165, 1.54) is 0 Å². The summed E-state index contributed by atoms with van der Waals surface area (Å²) in [5, 5.41) is 0.184. The average Bonchev–Trinajstić information content (AvgIpc) is 2.43. The number of carbonyl (C=O) groups is 1. The minimum atomic E-state index is -1.74. The molecule has 0 unspecified atom stereocenters. The van der Waals surface area contributed by atoms with Gasteiger partial charge in [-0.3, -0.25) is 9.00 Å². The third-order valence-electron chi connectivity index (χ3n) is 4.45. The minimum Gasteiger partial charge on any atom is -0.417 e. The van der Waals surface area contributed by atoms with E-state index in [1.807, 2.05) is 31.2 Å². The number of hydrogen-bond acceptors (Lipinski definition) is 3. The van der Waals surface area contributed by atoms with E-state index in [2.05, 4.69) is 33.9 Å². The maximum absolute atomic E-state index is 12.2. The highest BCUT2D eigenvalue weighted by Crippen LogP contribution is 2.36. The second-order valence-electron chi connectivity index (χ2n) is 7.55. The predicted octanol–water partition coefficient (Wildman–Crippen LogP) is 4.47. The van der Waals surface area contributed by atoms with Gasteiger partial charge in [-0.2, -0.15) is 0 Å². The average molecular weight is 355 g/mol. The van der Waals surface area contributed by atoms with Gasteiger partial charge in [0.1, 0.15) is 5.78 Å². The van der Waals surface area contributed by atoms with Gasteiger partial charge < -0.3 is 4.43 Å². The van der Waals surface area contributed by atoms with Crippen LogP contribution < -0.4 is 0 Å². The van der Waals surface area contributed by atoms with Gasteiger partial charge in [0.2, 0.25) is 0 Å². The molecule has 0 aliphatic carbocycles. The number of aryl methyl sites for hydroxylation is 1. The van der Waals surface area contributed by atoms with Crippen LogP contribution in [-0.2, 0) is 20.0 Å². The molecule has 0 spiro atoms. The van der Waals surface area contributed by atoms with E-state index in [9.17, 15) is 9.00 Å². The van der Waals surface area contributed by atoms with Crippen LogP contribution in [0.3, 0.4) is 0 Å². The first-order valence-corrected chi connectivity index (χ1v) is 12.4. The van der Waals surface area contributed by atoms with Crippen LogP contribution in [0.1, 0.15) is 39.2 Å². The van der Waals surface area contributed by atoms with Crippen LogP contribution in [0.15, 0.2) is 29.2 Å². The van der Waals surface area contributed by atoms with E-state index in [1.54, 1.807) is 0 Å². The predicted molar refractivity (Wildman–Crippen MR) is 99.8 cm³/mol. The smallest absolute Gasteiger partial charge is 0.191 e. The van der Waals surface area contributed by atoms with E-state index in [4.69, 9.17) is 4.43 Å². The Kier molecular flexibility index (Phi) is 7.36. The summed E-state index contributed by atoms with van der Waals surface area (Å²) in [6.07, 6.45) is 1.14. The third kappa shape index (κ3) is 6.69. The molecule has 0 heterocycles. The van der Waals surface area contributed by atoms with Gasteiger partial charge in [0.15, 0.2) is 8.32 Å². The van der Waals surface area contributed by atoms with Gasteiger partial charge in [-0.05, 0) is 43.6 Å². The molecule has 1 aromatic rings. The molecular weight excluding hydrogens is 324 g/mol. The van der Waals surface area contributed by atoms with Crippen molar-refractivity contribution in [3.63, 3.8) is 0 Å². The molecule has 0 amide bonds. The van der Waals surface area contributed by atoms with Crippen molar-refractivity contribution >= 4 is 24.9 Å². The van der Waals surface area contributed by atoms with Crippen molar-refractivity contribution in [3.8, 4) is 0 Å². The summed E-state index contributed by atoms with van der Waals surface area (Å²) in [5.41, 5.74) is 1.12. The van der Waals surface area contributed by atoms with Crippen molar-refractivity contribution in [2.75, 3.05) is 12.4 Å². The normalized spacial score (nSPS) is 13.8. The Morgan fingerprint density at radius 3 is 2.26 bits per heavy atom. The molecule has 1 rings (SSSR count). The van der Waals surface area contributed by atoms with Crippen molar-refractivity contribution < 1.29 is 13.4 Å². The molecule has 5 heteroatoms. The monoisotopic (exact) mass is 354 g/mol. The second-order valence-corrected chi connectivity index (χ2v) is 13.8. The summed E-state index contributed by atoms with van der Waals surface area (Å²) in [4.78, 5) is 12.7. The zero-order valence-electron chi connectivity index (χ0n) is 15.3. The molecule has 3 nitrogen and oxygen atoms in total. The third-order valence-corrected chi connectivity index (χ3v) is 10.4. The van der Waals surface area contributed by atoms with E-state index < -0.39 is 19.1 Å². The summed E-state index contributed by atoms with van der Waals surface area (Å²) < 4.78 is 18.2. The summed E-state index contributed by atoms with van der Waals surface area (Å²) in [5.74, 6) is 0.145. The van der Waals surface area contributed by atoms with Crippen LogP contribution in [-0.4, -0.2) is 30.7 Å². The molecular formula is C18H30O3SSi. The highest BCUT2D eigenvalue weighted by molar-refractivity contribution is 7.85. The van der Waals surface area contributed by atoms with Crippen molar-refractivity contribution in [3.05, 3.63) is 29.8 Å². The van der Waals surface area contributed by atoms with E-state index in [0.717, 1.165) is 10.5 Å². The highest BCUT2D eigenvalue weighted by Gasteiger charge is 2.36. The molecule has 0 radical (unpaired) electrons. The number of ketones is 1. The van der Waals surface area contributed by atoms with Crippen LogP contribution in [0.5, 0.6) is 0 Å². The molecule has 0 aliphatic rings. The molecule has 0 aromatic heterocycles. The lowest BCUT2D eigenvalue weighted by atomic mass is 10.2. The van der Waals surface area contributed by atoms with Crippen LogP contribution in [0, 0.1) is 6.92 Å². The first-order chi connectivity index (χ1) is 10.5. The summed E-state index contributed by atoms with van der Waals surface area (Å²) in [7, 11) is -2.98. The number of hydrogen-bond donors (Lipinski definition) is 0. The van der Waals surface area contributed by atoms with E-state index >= 15 is 0 Å². The van der Waals surface area contributed by atoms with E-state index in [0.29, 0.717) is 19.4 Å². The molecule has 0 fully saturated rings. The molecule has 0 bridgehead atoms. The summed E-state index contributed by atoms with van der Waals surface area (Å²) >= 11 is 0. The molecule has 1 aromatic carbocycles. The van der Waals surface area contributed by atoms with Gasteiger partial charge in [-0.15, -0.1) is 0 Å². The Bertz CT molecular complexity index is 544. The fourth-order valence-electron chi connectivity index (χ4n) is 1.80. The largest absolute Gasteiger partial charge is 0.417 e. The van der Waals surface area contributed by atoms with Crippen LogP contribution in [0.25, 0.3) is 0 Å². The number of carbonyl (C=O) groups excluding carboxylic acids is 1. The Hall–Kier alpha value is -0.783. The first kappa shape index (κ1) is 20.3. The number of benzene rings is 1. The van der Waals surface area contributed by atoms with Crippen LogP contribution >= 0.6 is 0 Å². The fourth-order valence-corrected chi connectivity index (χ4v) is 3.94. The minimum absolute atomic E-state index is 0.0442. The molecule has 0 saturated heterocycles. The highest BCUT2D eigenvalue weighted by atomic mass is 32.2. The standard InChI is InChI=1S/C18H30O3SSi/c1-15-9-11-17(12-10-15)22(20)14-16(19)8-7-13-21-23(5,6)18(2,3)4/h9-12H,7-8,13-14H2,1-6H3/t22-/m0/s1. The quantitative estimate of drug-likeness (QED) is 0.511. The molecule has 0 aliphatic heterocycles. The lowest BCUT2D eigenvalue weighted by Crippen LogP contribution is -2.41. The van der Waals surface area contributed by atoms with Crippen molar-refractivity contribution in [2.45, 2.75) is 63.6 Å². The van der Waals surface area contributed by atoms with E-state index in [-0.39, 0.29) is 16.6 Å². The maximum Gasteiger partial charge on any atom is 0.191 e. The molecule has 0 saturated carbocycles. The van der Waals surface area contributed by atoms with Gasteiger partial charge in [-0.25, -0.2) is 0 Å². The van der Waals surface area contributed by atoms with Gasteiger partial charge in [0.05, 0.1) is 16.6 Å². The Balaban J connectivity index is 2.35. The fraction of sp³-hybridized carbons (Fsp3) is 0.611. The topological polar surface area (TPSA) is 43.4 Å². The summed E-state index contributed by atoms with van der Waals surface area (Å²) in [6, 6.07) is 7.51. The van der Waals surface area contributed by atoms with Gasteiger partial charge in [-0.1, -0.05) is 38.5 Å². The first-order valence-electron chi connectivity index (χ1n) is 8.13. The zero-order chi connectivity index (χ0) is 17.7. The van der Waals surface area contributed by atoms with Gasteiger partial charge >= 0.3 is 0 Å². The molecule has 0 N–H and O–H groups in total. The van der Waals surface area contributed by atoms with Crippen molar-refractivity contribution in [2.24, 2.45) is 0 Å². The van der Waals surface area contributed by atoms with Crippen molar-refractivity contribution in [1.29, 1.82) is 0 Å². The lowest BCUT2D eigenvalue weighted by Gasteiger charge is -2.36. The van der Waals surface area contributed by atoms with Gasteiger partial charge in [0.25, 0.3) is 0 Å². The van der Waals surface area contributed by atoms with Crippen LogP contribution in [0.2, 0.25) is 18.1 Å². The molecule has 1 atom stereocenters. The van der Waals surface area contributed by atoms with Crippen molar-refractivity contribution in [1.82, 2.24) is 0 Å². The summed E-state index contributed by atoms with van der Waals surface area (Å²) in [6.45, 7) is 13.6. The number of Topliss-reactive ketones (excluding diaryl/α,β-unsaturated/α-hetero) is 1. The molecule has 130 valence electrons. The number of rotatable bonds is 8. The molecule has 23 heavy (non-hydrogen) atoms.